The lowest BCUT2D eigenvalue weighted by molar-refractivity contribution is -0.115. The van der Waals surface area contributed by atoms with Gasteiger partial charge >= 0.3 is 0 Å². The molecular weight excluding hydrogens is 446 g/mol. The molecule has 3 rings (SSSR count). The molecule has 7 nitrogen and oxygen atoms in total. The van der Waals surface area contributed by atoms with Gasteiger partial charge in [0.05, 0.1) is 17.9 Å². The Morgan fingerprint density at radius 1 is 1.12 bits per heavy atom. The molecule has 0 saturated carbocycles. The Balaban J connectivity index is 1.81. The van der Waals surface area contributed by atoms with Gasteiger partial charge in [-0.15, -0.1) is 10.2 Å². The predicted molar refractivity (Wildman–Crippen MR) is 130 cm³/mol. The minimum atomic E-state index is -0.390. The molecule has 0 aliphatic carbocycles. The minimum Gasteiger partial charge on any atom is -0.494 e. The van der Waals surface area contributed by atoms with E-state index in [4.69, 9.17) is 16.3 Å². The van der Waals surface area contributed by atoms with Crippen molar-refractivity contribution in [1.29, 1.82) is 0 Å². The fourth-order valence-corrected chi connectivity index (χ4v) is 3.95. The molecule has 0 radical (unpaired) electrons. The van der Waals surface area contributed by atoms with E-state index in [9.17, 15) is 4.79 Å². The fraction of sp³-hybridized carbons (Fsp3) is 0.348. The number of nitrogens with zero attached hydrogens (tertiary/aromatic N) is 4. The third kappa shape index (κ3) is 5.82. The van der Waals surface area contributed by atoms with Gasteiger partial charge in [0, 0.05) is 16.4 Å². The third-order valence-corrected chi connectivity index (χ3v) is 6.27. The molecule has 32 heavy (non-hydrogen) atoms. The first-order valence-corrected chi connectivity index (χ1v) is 11.6. The number of carbonyl (C=O) groups is 1. The number of benzene rings is 2. The van der Waals surface area contributed by atoms with Crippen LogP contribution in [-0.4, -0.2) is 51.5 Å². The second-order valence-electron chi connectivity index (χ2n) is 7.50. The highest BCUT2D eigenvalue weighted by atomic mass is 35.5. The lowest BCUT2D eigenvalue weighted by Crippen LogP contribution is -2.23. The lowest BCUT2D eigenvalue weighted by atomic mass is 10.2. The van der Waals surface area contributed by atoms with E-state index in [1.54, 1.807) is 0 Å². The first-order chi connectivity index (χ1) is 15.3. The third-order valence-electron chi connectivity index (χ3n) is 4.98. The van der Waals surface area contributed by atoms with Crippen molar-refractivity contribution in [1.82, 2.24) is 19.7 Å². The highest BCUT2D eigenvalue weighted by molar-refractivity contribution is 8.00. The molecule has 2 atom stereocenters. The van der Waals surface area contributed by atoms with Crippen molar-refractivity contribution in [2.45, 2.75) is 37.2 Å². The van der Waals surface area contributed by atoms with Gasteiger partial charge in [0.1, 0.15) is 5.75 Å². The van der Waals surface area contributed by atoms with Gasteiger partial charge in [0.25, 0.3) is 0 Å². The van der Waals surface area contributed by atoms with E-state index in [0.29, 0.717) is 22.5 Å². The van der Waals surface area contributed by atoms with Crippen molar-refractivity contribution in [3.05, 3.63) is 59.4 Å². The second kappa shape index (κ2) is 10.8. The quantitative estimate of drug-likeness (QED) is 0.438. The number of anilines is 1. The van der Waals surface area contributed by atoms with Crippen LogP contribution in [-0.2, 0) is 4.79 Å². The molecule has 2 unspecified atom stereocenters. The first kappa shape index (κ1) is 24.1. The molecule has 1 amide bonds. The summed E-state index contributed by atoms with van der Waals surface area (Å²) in [5.41, 5.74) is 1.61. The SMILES string of the molecule is CCOc1ccc(NC(=O)C(C)Sc2nnc(C(C)N(C)C)n2-c2ccc(Cl)cc2)cc1. The van der Waals surface area contributed by atoms with Gasteiger partial charge in [-0.3, -0.25) is 14.3 Å². The van der Waals surface area contributed by atoms with Crippen LogP contribution in [0.4, 0.5) is 5.69 Å². The van der Waals surface area contributed by atoms with E-state index in [2.05, 4.69) is 27.3 Å². The summed E-state index contributed by atoms with van der Waals surface area (Å²) >= 11 is 7.44. The van der Waals surface area contributed by atoms with Gasteiger partial charge in [-0.05, 0) is 83.4 Å². The minimum absolute atomic E-state index is 0.0283. The summed E-state index contributed by atoms with van der Waals surface area (Å²) in [6, 6.07) is 14.9. The van der Waals surface area contributed by atoms with E-state index in [1.165, 1.54) is 11.8 Å². The number of hydrogen-bond donors (Lipinski definition) is 1. The summed E-state index contributed by atoms with van der Waals surface area (Å²) in [7, 11) is 3.98. The highest BCUT2D eigenvalue weighted by Gasteiger charge is 2.24. The van der Waals surface area contributed by atoms with Crippen molar-refractivity contribution >= 4 is 35.0 Å². The summed E-state index contributed by atoms with van der Waals surface area (Å²) in [6.45, 7) is 6.45. The average molecular weight is 474 g/mol. The standard InChI is InChI=1S/C23H28ClN5O2S/c1-6-31-20-13-9-18(10-14-20)25-22(30)16(3)32-23-27-26-21(15(2)28(4)5)29(23)19-11-7-17(24)8-12-19/h7-16H,6H2,1-5H3,(H,25,30). The Bertz CT molecular complexity index is 1040. The Morgan fingerprint density at radius 3 is 2.38 bits per heavy atom. The molecule has 1 heterocycles. The number of hydrogen-bond acceptors (Lipinski definition) is 6. The number of rotatable bonds is 9. The maximum Gasteiger partial charge on any atom is 0.237 e. The van der Waals surface area contributed by atoms with E-state index >= 15 is 0 Å². The summed E-state index contributed by atoms with van der Waals surface area (Å²) in [6.07, 6.45) is 0. The molecule has 0 fully saturated rings. The molecule has 1 N–H and O–H groups in total. The molecule has 0 saturated heterocycles. The first-order valence-electron chi connectivity index (χ1n) is 10.4. The largest absolute Gasteiger partial charge is 0.494 e. The molecule has 9 heteroatoms. The van der Waals surface area contributed by atoms with Gasteiger partial charge in [0.2, 0.25) is 5.91 Å². The Kier molecular flexibility index (Phi) is 8.17. The number of ether oxygens (including phenoxy) is 1. The molecule has 1 aromatic heterocycles. The Morgan fingerprint density at radius 2 is 1.78 bits per heavy atom. The van der Waals surface area contributed by atoms with Crippen LogP contribution in [0, 0.1) is 0 Å². The molecule has 2 aromatic carbocycles. The average Bonchev–Trinajstić information content (AvgIpc) is 3.18. The second-order valence-corrected chi connectivity index (χ2v) is 9.24. The number of thioether (sulfide) groups is 1. The summed E-state index contributed by atoms with van der Waals surface area (Å²) in [5.74, 6) is 1.44. The summed E-state index contributed by atoms with van der Waals surface area (Å²) in [5, 5.41) is 12.7. The zero-order chi connectivity index (χ0) is 23.3. The normalized spacial score (nSPS) is 13.1. The van der Waals surface area contributed by atoms with Gasteiger partial charge < -0.3 is 10.1 Å². The molecule has 170 valence electrons. The summed E-state index contributed by atoms with van der Waals surface area (Å²) < 4.78 is 7.43. The smallest absolute Gasteiger partial charge is 0.237 e. The topological polar surface area (TPSA) is 72.3 Å². The van der Waals surface area contributed by atoms with Crippen LogP contribution in [0.1, 0.15) is 32.6 Å². The van der Waals surface area contributed by atoms with Crippen molar-refractivity contribution in [2.75, 3.05) is 26.0 Å². The van der Waals surface area contributed by atoms with Crippen LogP contribution >= 0.6 is 23.4 Å². The van der Waals surface area contributed by atoms with Gasteiger partial charge in [-0.2, -0.15) is 0 Å². The fourth-order valence-electron chi connectivity index (χ4n) is 2.95. The van der Waals surface area contributed by atoms with Crippen molar-refractivity contribution in [3.63, 3.8) is 0 Å². The van der Waals surface area contributed by atoms with Crippen molar-refractivity contribution in [2.24, 2.45) is 0 Å². The predicted octanol–water partition coefficient (Wildman–Crippen LogP) is 5.06. The Labute approximate surface area is 198 Å². The number of nitrogens with one attached hydrogen (secondary N) is 1. The molecular formula is C23H28ClN5O2S. The van der Waals surface area contributed by atoms with Crippen molar-refractivity contribution in [3.8, 4) is 11.4 Å². The molecule has 0 spiro atoms. The molecule has 0 aliphatic rings. The molecule has 3 aromatic rings. The zero-order valence-corrected chi connectivity index (χ0v) is 20.4. The number of carbonyl (C=O) groups excluding carboxylic acids is 1. The van der Waals surface area contributed by atoms with Crippen molar-refractivity contribution < 1.29 is 9.53 Å². The van der Waals surface area contributed by atoms with E-state index in [1.807, 2.05) is 81.0 Å². The van der Waals surface area contributed by atoms with Gasteiger partial charge in [0.15, 0.2) is 11.0 Å². The van der Waals surface area contributed by atoms with Crippen LogP contribution in [0.15, 0.2) is 53.7 Å². The van der Waals surface area contributed by atoms with Crippen LogP contribution in [0.3, 0.4) is 0 Å². The van der Waals surface area contributed by atoms with Crippen LogP contribution in [0.2, 0.25) is 5.02 Å². The maximum absolute atomic E-state index is 12.8. The van der Waals surface area contributed by atoms with E-state index in [-0.39, 0.29) is 17.2 Å². The zero-order valence-electron chi connectivity index (χ0n) is 18.9. The number of aromatic nitrogens is 3. The molecule has 0 aliphatic heterocycles. The van der Waals surface area contributed by atoms with Crippen LogP contribution < -0.4 is 10.1 Å². The van der Waals surface area contributed by atoms with Crippen LogP contribution in [0.25, 0.3) is 5.69 Å². The number of halogens is 1. The van der Waals surface area contributed by atoms with Gasteiger partial charge in [-0.25, -0.2) is 0 Å². The van der Waals surface area contributed by atoms with E-state index in [0.717, 1.165) is 17.3 Å². The number of amides is 1. The highest BCUT2D eigenvalue weighted by Crippen LogP contribution is 2.30. The lowest BCUT2D eigenvalue weighted by Gasteiger charge is -2.21. The molecule has 0 bridgehead atoms. The summed E-state index contributed by atoms with van der Waals surface area (Å²) in [4.78, 5) is 14.9. The monoisotopic (exact) mass is 473 g/mol. The van der Waals surface area contributed by atoms with Gasteiger partial charge in [-0.1, -0.05) is 23.4 Å². The van der Waals surface area contributed by atoms with Crippen LogP contribution in [0.5, 0.6) is 5.75 Å². The van der Waals surface area contributed by atoms with E-state index < -0.39 is 0 Å². The maximum atomic E-state index is 12.8. The Hall–Kier alpha value is -2.55.